The average Bonchev–Trinajstić information content (AvgIpc) is 2.27. The van der Waals surface area contributed by atoms with Gasteiger partial charge in [-0.2, -0.15) is 0 Å². The summed E-state index contributed by atoms with van der Waals surface area (Å²) in [6, 6.07) is -1.37. The lowest BCUT2D eigenvalue weighted by molar-refractivity contribution is -0.142. The van der Waals surface area contributed by atoms with E-state index in [1.54, 1.807) is 7.05 Å². The Labute approximate surface area is 115 Å². The van der Waals surface area contributed by atoms with Gasteiger partial charge in [-0.15, -0.1) is 0 Å². The predicted octanol–water partition coefficient (Wildman–Crippen LogP) is 0.319. The molecular formula is C10H20N2O4S2. The Bertz CT molecular complexity index is 300. The second-order valence-electron chi connectivity index (χ2n) is 4.16. The van der Waals surface area contributed by atoms with Gasteiger partial charge in [0.25, 0.3) is 0 Å². The van der Waals surface area contributed by atoms with Crippen LogP contribution in [0.3, 0.4) is 0 Å². The van der Waals surface area contributed by atoms with Crippen LogP contribution in [0.4, 0.5) is 0 Å². The highest BCUT2D eigenvalue weighted by Gasteiger charge is 2.35. The Balaban J connectivity index is 4.26. The molecule has 0 spiro atoms. The number of carbonyl (C=O) groups excluding carboxylic acids is 1. The van der Waals surface area contributed by atoms with E-state index in [0.29, 0.717) is 5.75 Å². The van der Waals surface area contributed by atoms with Crippen molar-refractivity contribution in [3.63, 3.8) is 0 Å². The summed E-state index contributed by atoms with van der Waals surface area (Å²) < 4.78 is 3.98. The number of hydrogen-bond acceptors (Lipinski definition) is 7. The third-order valence-electron chi connectivity index (χ3n) is 2.26. The van der Waals surface area contributed by atoms with Gasteiger partial charge in [0.15, 0.2) is 0 Å². The molecule has 106 valence electrons. The first kappa shape index (κ1) is 17.6. The van der Waals surface area contributed by atoms with Gasteiger partial charge in [0.05, 0.1) is 7.11 Å². The van der Waals surface area contributed by atoms with Crippen LogP contribution in [0.1, 0.15) is 13.8 Å². The van der Waals surface area contributed by atoms with Crippen LogP contribution in [0.25, 0.3) is 0 Å². The zero-order valence-corrected chi connectivity index (χ0v) is 12.6. The molecule has 0 aromatic rings. The molecule has 2 atom stereocenters. The van der Waals surface area contributed by atoms with E-state index in [9.17, 15) is 9.59 Å². The molecule has 0 aliphatic heterocycles. The van der Waals surface area contributed by atoms with E-state index in [-0.39, 0.29) is 0 Å². The SMILES string of the molecule is CN[C@H](C(=O)O)C(C)(C)SSC[C@H](N)C(=O)OC. The van der Waals surface area contributed by atoms with Gasteiger partial charge in [-0.3, -0.25) is 9.59 Å². The smallest absolute Gasteiger partial charge is 0.323 e. The molecule has 0 aliphatic rings. The molecule has 0 fully saturated rings. The van der Waals surface area contributed by atoms with E-state index in [2.05, 4.69) is 10.1 Å². The fourth-order valence-corrected chi connectivity index (χ4v) is 4.11. The Morgan fingerprint density at radius 1 is 1.50 bits per heavy atom. The number of likely N-dealkylation sites (N-methyl/N-ethyl adjacent to an activating group) is 1. The van der Waals surface area contributed by atoms with E-state index in [4.69, 9.17) is 10.8 Å². The number of carbonyl (C=O) groups is 2. The summed E-state index contributed by atoms with van der Waals surface area (Å²) in [5.41, 5.74) is 5.58. The zero-order chi connectivity index (χ0) is 14.3. The highest BCUT2D eigenvalue weighted by atomic mass is 33.1. The van der Waals surface area contributed by atoms with Gasteiger partial charge in [0, 0.05) is 10.5 Å². The summed E-state index contributed by atoms with van der Waals surface area (Å²) in [5.74, 6) is -1.01. The molecule has 6 nitrogen and oxygen atoms in total. The molecule has 0 aromatic heterocycles. The van der Waals surface area contributed by atoms with E-state index in [0.717, 1.165) is 0 Å². The van der Waals surface area contributed by atoms with Crippen molar-refractivity contribution in [2.45, 2.75) is 30.7 Å². The summed E-state index contributed by atoms with van der Waals surface area (Å²) in [7, 11) is 5.63. The van der Waals surface area contributed by atoms with Crippen molar-refractivity contribution in [3.05, 3.63) is 0 Å². The standard InChI is InChI=1S/C10H20N2O4S2/c1-10(2,7(12-3)8(13)14)18-17-5-6(11)9(15)16-4/h6-7,12H,5,11H2,1-4H3,(H,13,14)/t6-,7+/m0/s1. The number of rotatable bonds is 8. The molecule has 0 heterocycles. The molecule has 0 amide bonds. The highest BCUT2D eigenvalue weighted by molar-refractivity contribution is 8.77. The lowest BCUT2D eigenvalue weighted by Gasteiger charge is -2.29. The van der Waals surface area contributed by atoms with Crippen LogP contribution in [0.5, 0.6) is 0 Å². The lowest BCUT2D eigenvalue weighted by Crippen LogP contribution is -2.48. The predicted molar refractivity (Wildman–Crippen MR) is 74.6 cm³/mol. The number of esters is 1. The number of nitrogens with two attached hydrogens (primary N) is 1. The Kier molecular flexibility index (Phi) is 7.69. The summed E-state index contributed by atoms with van der Waals surface area (Å²) in [6.07, 6.45) is 0. The molecule has 0 saturated heterocycles. The van der Waals surface area contributed by atoms with Gasteiger partial charge in [0.1, 0.15) is 12.1 Å². The molecular weight excluding hydrogens is 276 g/mol. The van der Waals surface area contributed by atoms with E-state index in [1.165, 1.54) is 28.7 Å². The van der Waals surface area contributed by atoms with Crippen LogP contribution >= 0.6 is 21.6 Å². The first-order valence-electron chi connectivity index (χ1n) is 5.30. The number of nitrogens with one attached hydrogen (secondary N) is 1. The molecule has 0 aliphatic carbocycles. The first-order valence-corrected chi connectivity index (χ1v) is 7.62. The highest BCUT2D eigenvalue weighted by Crippen LogP contribution is 2.38. The molecule has 0 saturated carbocycles. The minimum atomic E-state index is -0.909. The second-order valence-corrected chi connectivity index (χ2v) is 7.16. The van der Waals surface area contributed by atoms with Crippen LogP contribution in [0, 0.1) is 0 Å². The van der Waals surface area contributed by atoms with Crippen molar-refractivity contribution in [1.29, 1.82) is 0 Å². The minimum absolute atomic E-state index is 0.372. The van der Waals surface area contributed by atoms with E-state index >= 15 is 0 Å². The van der Waals surface area contributed by atoms with Crippen LogP contribution in [-0.4, -0.2) is 53.8 Å². The Morgan fingerprint density at radius 2 is 2.06 bits per heavy atom. The monoisotopic (exact) mass is 296 g/mol. The molecule has 0 aromatic carbocycles. The van der Waals surface area contributed by atoms with Crippen molar-refractivity contribution < 1.29 is 19.4 Å². The van der Waals surface area contributed by atoms with Crippen molar-refractivity contribution in [2.24, 2.45) is 5.73 Å². The van der Waals surface area contributed by atoms with Crippen LogP contribution in [-0.2, 0) is 14.3 Å². The number of aliphatic carboxylic acids is 1. The normalized spacial score (nSPS) is 14.9. The topological polar surface area (TPSA) is 102 Å². The fraction of sp³-hybridized carbons (Fsp3) is 0.800. The number of hydrogen-bond donors (Lipinski definition) is 3. The molecule has 0 unspecified atom stereocenters. The third kappa shape index (κ3) is 5.47. The van der Waals surface area contributed by atoms with Crippen LogP contribution < -0.4 is 11.1 Å². The maximum atomic E-state index is 11.1. The van der Waals surface area contributed by atoms with Gasteiger partial charge >= 0.3 is 11.9 Å². The van der Waals surface area contributed by atoms with E-state index in [1.807, 2.05) is 13.8 Å². The summed E-state index contributed by atoms with van der Waals surface area (Å²) >= 11 is 0. The number of carboxylic acid groups (broad SMARTS) is 1. The summed E-state index contributed by atoms with van der Waals surface area (Å²) in [5, 5.41) is 11.8. The van der Waals surface area contributed by atoms with Crippen molar-refractivity contribution >= 4 is 33.5 Å². The molecule has 8 heteroatoms. The number of methoxy groups -OCH3 is 1. The molecule has 18 heavy (non-hydrogen) atoms. The Morgan fingerprint density at radius 3 is 2.44 bits per heavy atom. The maximum absolute atomic E-state index is 11.1. The number of ether oxygens (including phenoxy) is 1. The largest absolute Gasteiger partial charge is 0.480 e. The maximum Gasteiger partial charge on any atom is 0.323 e. The Hall–Kier alpha value is -0.440. The fourth-order valence-electron chi connectivity index (χ4n) is 1.30. The number of carboxylic acids is 1. The molecule has 0 rings (SSSR count). The van der Waals surface area contributed by atoms with Gasteiger partial charge in [-0.25, -0.2) is 0 Å². The summed E-state index contributed by atoms with van der Waals surface area (Å²) in [4.78, 5) is 22.1. The van der Waals surface area contributed by atoms with Crippen molar-refractivity contribution in [3.8, 4) is 0 Å². The average molecular weight is 296 g/mol. The molecule has 0 radical (unpaired) electrons. The summed E-state index contributed by atoms with van der Waals surface area (Å²) in [6.45, 7) is 3.65. The van der Waals surface area contributed by atoms with Crippen LogP contribution in [0.2, 0.25) is 0 Å². The van der Waals surface area contributed by atoms with Crippen LogP contribution in [0.15, 0.2) is 0 Å². The van der Waals surface area contributed by atoms with Gasteiger partial charge in [0.2, 0.25) is 0 Å². The molecule has 0 bridgehead atoms. The molecule has 4 N–H and O–H groups in total. The first-order chi connectivity index (χ1) is 8.26. The lowest BCUT2D eigenvalue weighted by atomic mass is 10.0. The quantitative estimate of drug-likeness (QED) is 0.435. The van der Waals surface area contributed by atoms with Gasteiger partial charge < -0.3 is 20.9 Å². The van der Waals surface area contributed by atoms with Gasteiger partial charge in [-0.1, -0.05) is 21.6 Å². The second kappa shape index (κ2) is 7.88. The minimum Gasteiger partial charge on any atom is -0.480 e. The zero-order valence-electron chi connectivity index (χ0n) is 10.9. The van der Waals surface area contributed by atoms with Crippen molar-refractivity contribution in [1.82, 2.24) is 5.32 Å². The van der Waals surface area contributed by atoms with Gasteiger partial charge in [-0.05, 0) is 20.9 Å². The van der Waals surface area contributed by atoms with Crippen molar-refractivity contribution in [2.75, 3.05) is 19.9 Å². The van der Waals surface area contributed by atoms with E-state index < -0.39 is 28.8 Å². The third-order valence-corrected chi connectivity index (χ3v) is 5.58.